The summed E-state index contributed by atoms with van der Waals surface area (Å²) in [5.41, 5.74) is 2.02. The van der Waals surface area contributed by atoms with Gasteiger partial charge in [0.2, 0.25) is 5.91 Å². The molecule has 0 saturated carbocycles. The summed E-state index contributed by atoms with van der Waals surface area (Å²) in [5, 5.41) is 3.10. The summed E-state index contributed by atoms with van der Waals surface area (Å²) in [6, 6.07) is 16.4. The Morgan fingerprint density at radius 1 is 0.958 bits per heavy atom. The number of anilines is 1. The summed E-state index contributed by atoms with van der Waals surface area (Å²) in [4.78, 5) is 26.4. The first-order chi connectivity index (χ1) is 11.7. The van der Waals surface area contributed by atoms with Gasteiger partial charge in [-0.25, -0.2) is 0 Å². The van der Waals surface area contributed by atoms with Crippen LogP contribution in [-0.4, -0.2) is 49.4 Å². The van der Waals surface area contributed by atoms with Crippen molar-refractivity contribution in [1.29, 1.82) is 0 Å². The Labute approximate surface area is 141 Å². The highest BCUT2D eigenvalue weighted by Gasteiger charge is 2.16. The topological polar surface area (TPSA) is 58.6 Å². The maximum atomic E-state index is 12.5. The zero-order chi connectivity index (χ0) is 16.8. The van der Waals surface area contributed by atoms with Crippen molar-refractivity contribution in [2.24, 2.45) is 0 Å². The second-order valence-electron chi connectivity index (χ2n) is 5.62. The second kappa shape index (κ2) is 7.75. The average molecular weight is 324 g/mol. The minimum absolute atomic E-state index is 0.0289. The molecule has 0 aliphatic carbocycles. The van der Waals surface area contributed by atoms with Crippen molar-refractivity contribution in [3.05, 3.63) is 65.7 Å². The third kappa shape index (κ3) is 4.00. The first-order valence-corrected chi connectivity index (χ1v) is 8.03. The van der Waals surface area contributed by atoms with E-state index in [1.165, 1.54) is 0 Å². The molecule has 2 aromatic carbocycles. The number of hydrogen-bond donors (Lipinski definition) is 1. The van der Waals surface area contributed by atoms with Gasteiger partial charge in [0.25, 0.3) is 0 Å². The molecular formula is C19H20N2O3. The fourth-order valence-corrected chi connectivity index (χ4v) is 2.63. The molecular weight excluding hydrogens is 304 g/mol. The van der Waals surface area contributed by atoms with Crippen LogP contribution >= 0.6 is 0 Å². The maximum absolute atomic E-state index is 12.5. The molecule has 1 aliphatic rings. The Hall–Kier alpha value is -2.66. The van der Waals surface area contributed by atoms with E-state index in [4.69, 9.17) is 4.74 Å². The molecule has 124 valence electrons. The van der Waals surface area contributed by atoms with Gasteiger partial charge in [-0.05, 0) is 12.1 Å². The smallest absolute Gasteiger partial charge is 0.242 e. The van der Waals surface area contributed by atoms with Gasteiger partial charge < -0.3 is 15.0 Å². The van der Waals surface area contributed by atoms with Gasteiger partial charge in [-0.1, -0.05) is 42.5 Å². The summed E-state index contributed by atoms with van der Waals surface area (Å²) >= 11 is 0. The number of ether oxygens (including phenoxy) is 1. The molecule has 0 spiro atoms. The number of rotatable bonds is 5. The van der Waals surface area contributed by atoms with Crippen LogP contribution in [0, 0.1) is 0 Å². The van der Waals surface area contributed by atoms with E-state index in [1.54, 1.807) is 29.2 Å². The van der Waals surface area contributed by atoms with Gasteiger partial charge >= 0.3 is 0 Å². The first-order valence-electron chi connectivity index (χ1n) is 8.03. The number of carbonyl (C=O) groups excluding carboxylic acids is 2. The molecule has 0 unspecified atom stereocenters. The SMILES string of the molecule is O=C(c1ccccc1)c1cccc(NCC(=O)N2CCOCC2)c1. The third-order valence-corrected chi connectivity index (χ3v) is 3.97. The van der Waals surface area contributed by atoms with Crippen LogP contribution in [0.1, 0.15) is 15.9 Å². The predicted molar refractivity (Wildman–Crippen MR) is 92.2 cm³/mol. The molecule has 3 rings (SSSR count). The quantitative estimate of drug-likeness (QED) is 0.857. The number of nitrogens with one attached hydrogen (secondary N) is 1. The van der Waals surface area contributed by atoms with Crippen molar-refractivity contribution in [2.75, 3.05) is 38.2 Å². The fraction of sp³-hybridized carbons (Fsp3) is 0.263. The van der Waals surface area contributed by atoms with Gasteiger partial charge in [0, 0.05) is 29.9 Å². The van der Waals surface area contributed by atoms with Crippen LogP contribution in [-0.2, 0) is 9.53 Å². The Morgan fingerprint density at radius 3 is 2.42 bits per heavy atom. The average Bonchev–Trinajstić information content (AvgIpc) is 2.67. The Kier molecular flexibility index (Phi) is 5.23. The molecule has 0 radical (unpaired) electrons. The van der Waals surface area contributed by atoms with Gasteiger partial charge in [-0.2, -0.15) is 0 Å². The van der Waals surface area contributed by atoms with Crippen molar-refractivity contribution >= 4 is 17.4 Å². The van der Waals surface area contributed by atoms with Crippen LogP contribution in [0.5, 0.6) is 0 Å². The molecule has 1 amide bonds. The van der Waals surface area contributed by atoms with E-state index in [0.717, 1.165) is 5.69 Å². The maximum Gasteiger partial charge on any atom is 0.242 e. The van der Waals surface area contributed by atoms with Crippen LogP contribution < -0.4 is 5.32 Å². The molecule has 0 atom stereocenters. The summed E-state index contributed by atoms with van der Waals surface area (Å²) in [6.07, 6.45) is 0. The standard InChI is InChI=1S/C19H20N2O3/c22-18(21-9-11-24-12-10-21)14-20-17-8-4-7-16(13-17)19(23)15-5-2-1-3-6-15/h1-8,13,20H,9-12,14H2. The largest absolute Gasteiger partial charge is 0.378 e. The van der Waals surface area contributed by atoms with Crippen molar-refractivity contribution in [3.63, 3.8) is 0 Å². The highest BCUT2D eigenvalue weighted by Crippen LogP contribution is 2.15. The number of amides is 1. The van der Waals surface area contributed by atoms with Gasteiger partial charge in [0.15, 0.2) is 5.78 Å². The number of nitrogens with zero attached hydrogens (tertiary/aromatic N) is 1. The number of hydrogen-bond acceptors (Lipinski definition) is 4. The Bertz CT molecular complexity index is 710. The molecule has 2 aromatic rings. The van der Waals surface area contributed by atoms with E-state index < -0.39 is 0 Å². The molecule has 0 aromatic heterocycles. The lowest BCUT2D eigenvalue weighted by Crippen LogP contribution is -2.43. The lowest BCUT2D eigenvalue weighted by Gasteiger charge is -2.27. The highest BCUT2D eigenvalue weighted by molar-refractivity contribution is 6.09. The normalized spacial score (nSPS) is 14.2. The fourth-order valence-electron chi connectivity index (χ4n) is 2.63. The van der Waals surface area contributed by atoms with Crippen molar-refractivity contribution < 1.29 is 14.3 Å². The molecule has 5 heteroatoms. The summed E-state index contributed by atoms with van der Waals surface area (Å²) in [6.45, 7) is 2.66. The van der Waals surface area contributed by atoms with Crippen LogP contribution in [0.25, 0.3) is 0 Å². The Balaban J connectivity index is 1.63. The van der Waals surface area contributed by atoms with Crippen molar-refractivity contribution in [1.82, 2.24) is 4.90 Å². The minimum atomic E-state index is -0.0289. The molecule has 24 heavy (non-hydrogen) atoms. The second-order valence-corrected chi connectivity index (χ2v) is 5.62. The molecule has 1 saturated heterocycles. The third-order valence-electron chi connectivity index (χ3n) is 3.97. The molecule has 0 bridgehead atoms. The van der Waals surface area contributed by atoms with E-state index in [1.807, 2.05) is 30.3 Å². The van der Waals surface area contributed by atoms with Crippen LogP contribution in [0.4, 0.5) is 5.69 Å². The summed E-state index contributed by atoms with van der Waals surface area (Å²) in [7, 11) is 0. The first kappa shape index (κ1) is 16.2. The number of carbonyl (C=O) groups is 2. The van der Waals surface area contributed by atoms with Crippen molar-refractivity contribution in [3.8, 4) is 0 Å². The van der Waals surface area contributed by atoms with E-state index in [9.17, 15) is 9.59 Å². The zero-order valence-corrected chi connectivity index (χ0v) is 13.4. The zero-order valence-electron chi connectivity index (χ0n) is 13.4. The van der Waals surface area contributed by atoms with Crippen molar-refractivity contribution in [2.45, 2.75) is 0 Å². The summed E-state index contributed by atoms with van der Waals surface area (Å²) in [5.74, 6) is 0.0110. The monoisotopic (exact) mass is 324 g/mol. The van der Waals surface area contributed by atoms with Gasteiger partial charge in [0.1, 0.15) is 0 Å². The molecule has 1 aliphatic heterocycles. The van der Waals surface area contributed by atoms with Gasteiger partial charge in [-0.15, -0.1) is 0 Å². The van der Waals surface area contributed by atoms with E-state index in [-0.39, 0.29) is 18.2 Å². The van der Waals surface area contributed by atoms with Crippen LogP contribution in [0.2, 0.25) is 0 Å². The van der Waals surface area contributed by atoms with E-state index >= 15 is 0 Å². The Morgan fingerprint density at radius 2 is 1.67 bits per heavy atom. The van der Waals surface area contributed by atoms with Gasteiger partial charge in [-0.3, -0.25) is 9.59 Å². The lowest BCUT2D eigenvalue weighted by molar-refractivity contribution is -0.133. The number of ketones is 1. The summed E-state index contributed by atoms with van der Waals surface area (Å²) < 4.78 is 5.24. The lowest BCUT2D eigenvalue weighted by atomic mass is 10.0. The van der Waals surface area contributed by atoms with Crippen LogP contribution in [0.3, 0.4) is 0 Å². The predicted octanol–water partition coefficient (Wildman–Crippen LogP) is 2.19. The molecule has 1 fully saturated rings. The highest BCUT2D eigenvalue weighted by atomic mass is 16.5. The van der Waals surface area contributed by atoms with Crippen LogP contribution in [0.15, 0.2) is 54.6 Å². The van der Waals surface area contributed by atoms with E-state index in [2.05, 4.69) is 5.32 Å². The molecule has 5 nitrogen and oxygen atoms in total. The molecule has 1 N–H and O–H groups in total. The van der Waals surface area contributed by atoms with Gasteiger partial charge in [0.05, 0.1) is 19.8 Å². The number of benzene rings is 2. The number of morpholine rings is 1. The minimum Gasteiger partial charge on any atom is -0.378 e. The van der Waals surface area contributed by atoms with E-state index in [0.29, 0.717) is 37.4 Å². The molecule has 1 heterocycles.